The second-order valence-corrected chi connectivity index (χ2v) is 11.3. The van der Waals surface area contributed by atoms with E-state index in [-0.39, 0.29) is 12.2 Å². The van der Waals surface area contributed by atoms with Crippen molar-refractivity contribution in [3.63, 3.8) is 0 Å². The van der Waals surface area contributed by atoms with E-state index in [1.807, 2.05) is 18.2 Å². The molecule has 1 N–H and O–H groups in total. The quantitative estimate of drug-likeness (QED) is 0.124. The van der Waals surface area contributed by atoms with Gasteiger partial charge < -0.3 is 19.5 Å². The Balaban J connectivity index is 1.28. The van der Waals surface area contributed by atoms with Crippen LogP contribution in [0.1, 0.15) is 141 Å². The van der Waals surface area contributed by atoms with Crippen molar-refractivity contribution in [1.82, 2.24) is 10.3 Å². The third kappa shape index (κ3) is 19.1. The molecule has 1 fully saturated rings. The summed E-state index contributed by atoms with van der Waals surface area (Å²) in [5.41, 5.74) is 0.822. The van der Waals surface area contributed by atoms with E-state index in [4.69, 9.17) is 14.2 Å². The third-order valence-corrected chi connectivity index (χ3v) is 7.69. The molecule has 39 heavy (non-hydrogen) atoms. The van der Waals surface area contributed by atoms with Gasteiger partial charge in [-0.15, -0.1) is 0 Å². The molecule has 1 aromatic rings. The van der Waals surface area contributed by atoms with Crippen molar-refractivity contribution in [2.24, 2.45) is 0 Å². The Hall–Kier alpha value is -1.66. The van der Waals surface area contributed by atoms with E-state index in [2.05, 4.69) is 17.2 Å². The van der Waals surface area contributed by atoms with Crippen LogP contribution in [0.5, 0.6) is 0 Å². The lowest BCUT2D eigenvalue weighted by Gasteiger charge is -2.14. The molecule has 0 unspecified atom stereocenters. The van der Waals surface area contributed by atoms with Gasteiger partial charge in [-0.2, -0.15) is 0 Å². The Morgan fingerprint density at radius 3 is 2.10 bits per heavy atom. The van der Waals surface area contributed by atoms with Crippen molar-refractivity contribution in [3.8, 4) is 0 Å². The topological polar surface area (TPSA) is 69.7 Å². The van der Waals surface area contributed by atoms with Crippen molar-refractivity contribution in [1.29, 1.82) is 0 Å². The molecule has 0 saturated carbocycles. The SMILES string of the molecule is CCCCCCCCCCCCCCC[C@@H]1CC[C@@H](COCCCCCCOC(=O)NCc2ccccn2)O1. The maximum Gasteiger partial charge on any atom is 0.407 e. The number of carbonyl (C=O) groups is 1. The van der Waals surface area contributed by atoms with Gasteiger partial charge in [0.15, 0.2) is 0 Å². The summed E-state index contributed by atoms with van der Waals surface area (Å²) in [6.07, 6.45) is 28.0. The lowest BCUT2D eigenvalue weighted by molar-refractivity contribution is -0.0184. The highest BCUT2D eigenvalue weighted by Gasteiger charge is 2.24. The van der Waals surface area contributed by atoms with Crippen LogP contribution >= 0.6 is 0 Å². The summed E-state index contributed by atoms with van der Waals surface area (Å²) >= 11 is 0. The average Bonchev–Trinajstić information content (AvgIpc) is 3.41. The highest BCUT2D eigenvalue weighted by molar-refractivity contribution is 5.67. The number of unbranched alkanes of at least 4 members (excludes halogenated alkanes) is 15. The monoisotopic (exact) mass is 546 g/mol. The first-order valence-electron chi connectivity index (χ1n) is 16.3. The van der Waals surface area contributed by atoms with Crippen LogP contribution in [0.2, 0.25) is 0 Å². The van der Waals surface area contributed by atoms with Gasteiger partial charge in [0.25, 0.3) is 0 Å². The van der Waals surface area contributed by atoms with E-state index in [0.29, 0.717) is 19.3 Å². The van der Waals surface area contributed by atoms with Gasteiger partial charge in [-0.05, 0) is 50.7 Å². The number of nitrogens with one attached hydrogen (secondary N) is 1. The Morgan fingerprint density at radius 2 is 1.44 bits per heavy atom. The molecular formula is C33H58N2O4. The highest BCUT2D eigenvalue weighted by Crippen LogP contribution is 2.24. The summed E-state index contributed by atoms with van der Waals surface area (Å²) in [4.78, 5) is 15.9. The molecule has 1 amide bonds. The summed E-state index contributed by atoms with van der Waals surface area (Å²) in [5, 5.41) is 2.72. The number of hydrogen-bond acceptors (Lipinski definition) is 5. The van der Waals surface area contributed by atoms with Gasteiger partial charge in [-0.3, -0.25) is 4.98 Å². The fourth-order valence-electron chi connectivity index (χ4n) is 5.26. The minimum absolute atomic E-state index is 0.287. The second-order valence-electron chi connectivity index (χ2n) is 11.3. The molecule has 6 nitrogen and oxygen atoms in total. The van der Waals surface area contributed by atoms with E-state index >= 15 is 0 Å². The van der Waals surface area contributed by atoms with Crippen LogP contribution in [0, 0.1) is 0 Å². The Bertz CT molecular complexity index is 688. The number of pyridine rings is 1. The number of ether oxygens (including phenoxy) is 3. The average molecular weight is 547 g/mol. The molecule has 1 saturated heterocycles. The van der Waals surface area contributed by atoms with Gasteiger partial charge in [0, 0.05) is 12.8 Å². The lowest BCUT2D eigenvalue weighted by atomic mass is 10.0. The minimum atomic E-state index is -0.382. The molecule has 1 aromatic heterocycles. The molecule has 1 aliphatic rings. The van der Waals surface area contributed by atoms with Gasteiger partial charge >= 0.3 is 6.09 Å². The first-order chi connectivity index (χ1) is 19.3. The summed E-state index contributed by atoms with van der Waals surface area (Å²) in [6.45, 7) is 4.65. The molecule has 0 radical (unpaired) electrons. The molecule has 6 heteroatoms. The summed E-state index contributed by atoms with van der Waals surface area (Å²) < 4.78 is 17.3. The van der Waals surface area contributed by atoms with Crippen LogP contribution < -0.4 is 5.32 Å². The lowest BCUT2D eigenvalue weighted by Crippen LogP contribution is -2.24. The number of aromatic nitrogens is 1. The number of rotatable bonds is 25. The van der Waals surface area contributed by atoms with Crippen molar-refractivity contribution in [2.45, 2.75) is 154 Å². The molecular weight excluding hydrogens is 488 g/mol. The minimum Gasteiger partial charge on any atom is -0.450 e. The maximum absolute atomic E-state index is 11.7. The zero-order chi connectivity index (χ0) is 27.6. The van der Waals surface area contributed by atoms with E-state index < -0.39 is 0 Å². The summed E-state index contributed by atoms with van der Waals surface area (Å²) in [5.74, 6) is 0. The number of alkyl carbamates (subject to hydrolysis) is 1. The Kier molecular flexibility index (Phi) is 20.8. The van der Waals surface area contributed by atoms with Crippen molar-refractivity contribution < 1.29 is 19.0 Å². The fourth-order valence-corrected chi connectivity index (χ4v) is 5.26. The largest absolute Gasteiger partial charge is 0.450 e. The number of amides is 1. The second kappa shape index (κ2) is 24.2. The highest BCUT2D eigenvalue weighted by atomic mass is 16.5. The van der Waals surface area contributed by atoms with Crippen LogP contribution in [-0.2, 0) is 20.8 Å². The molecule has 2 heterocycles. The molecule has 0 bridgehead atoms. The third-order valence-electron chi connectivity index (χ3n) is 7.69. The predicted octanol–water partition coefficient (Wildman–Crippen LogP) is 8.91. The zero-order valence-corrected chi connectivity index (χ0v) is 25.0. The van der Waals surface area contributed by atoms with Crippen LogP contribution in [0.3, 0.4) is 0 Å². The number of nitrogens with zero attached hydrogens (tertiary/aromatic N) is 1. The summed E-state index contributed by atoms with van der Waals surface area (Å²) in [6, 6.07) is 5.63. The molecule has 1 aliphatic heterocycles. The molecule has 0 spiro atoms. The van der Waals surface area contributed by atoms with Crippen molar-refractivity contribution in [3.05, 3.63) is 30.1 Å². The zero-order valence-electron chi connectivity index (χ0n) is 25.0. The molecule has 2 rings (SSSR count). The van der Waals surface area contributed by atoms with Gasteiger partial charge in [0.05, 0.1) is 37.7 Å². The van der Waals surface area contributed by atoms with Crippen LogP contribution in [0.4, 0.5) is 4.79 Å². The molecule has 224 valence electrons. The maximum atomic E-state index is 11.7. The van der Waals surface area contributed by atoms with Crippen LogP contribution in [0.15, 0.2) is 24.4 Å². The van der Waals surface area contributed by atoms with E-state index in [0.717, 1.165) is 51.0 Å². The van der Waals surface area contributed by atoms with E-state index in [1.165, 1.54) is 96.3 Å². The van der Waals surface area contributed by atoms with Gasteiger partial charge in [-0.25, -0.2) is 4.79 Å². The first-order valence-corrected chi connectivity index (χ1v) is 16.3. The van der Waals surface area contributed by atoms with Crippen LogP contribution in [-0.4, -0.2) is 43.1 Å². The molecule has 2 atom stereocenters. The Labute approximate surface area is 239 Å². The summed E-state index contributed by atoms with van der Waals surface area (Å²) in [7, 11) is 0. The smallest absolute Gasteiger partial charge is 0.407 e. The van der Waals surface area contributed by atoms with Crippen molar-refractivity contribution >= 4 is 6.09 Å². The van der Waals surface area contributed by atoms with Gasteiger partial charge in [0.2, 0.25) is 0 Å². The molecule has 0 aliphatic carbocycles. The Morgan fingerprint density at radius 1 is 0.821 bits per heavy atom. The van der Waals surface area contributed by atoms with Gasteiger partial charge in [0.1, 0.15) is 0 Å². The van der Waals surface area contributed by atoms with E-state index in [9.17, 15) is 4.79 Å². The first kappa shape index (κ1) is 33.5. The molecule has 0 aromatic carbocycles. The predicted molar refractivity (Wildman–Crippen MR) is 160 cm³/mol. The van der Waals surface area contributed by atoms with Crippen LogP contribution in [0.25, 0.3) is 0 Å². The standard InChI is InChI=1S/C33H58N2O4/c1-2-3-4-5-6-7-8-9-10-11-12-13-16-22-31-23-24-32(39-31)29-37-26-19-14-15-20-27-38-33(36)35-28-30-21-17-18-25-34-30/h17-18,21,25,31-32H,2-16,19-20,22-24,26-29H2,1H3,(H,35,36)/t31-,32+/m1/s1. The number of carbonyl (C=O) groups excluding carboxylic acids is 1. The number of hydrogen-bond donors (Lipinski definition) is 1. The van der Waals surface area contributed by atoms with Gasteiger partial charge in [-0.1, -0.05) is 103 Å². The van der Waals surface area contributed by atoms with E-state index in [1.54, 1.807) is 6.20 Å². The fraction of sp³-hybridized carbons (Fsp3) is 0.818. The van der Waals surface area contributed by atoms with Crippen molar-refractivity contribution in [2.75, 3.05) is 19.8 Å². The normalized spacial score (nSPS) is 16.9.